The van der Waals surface area contributed by atoms with Crippen molar-refractivity contribution in [3.63, 3.8) is 0 Å². The highest BCUT2D eigenvalue weighted by Gasteiger charge is 2.11. The largest absolute Gasteiger partial charge is 0.384 e. The molecule has 1 N–H and O–H groups in total. The molecule has 112 valence electrons. The first-order valence-electron chi connectivity index (χ1n) is 7.62. The van der Waals surface area contributed by atoms with Gasteiger partial charge in [-0.2, -0.15) is 0 Å². The third-order valence-electron chi connectivity index (χ3n) is 3.92. The van der Waals surface area contributed by atoms with Crippen molar-refractivity contribution in [1.82, 2.24) is 5.32 Å². The minimum Gasteiger partial charge on any atom is -0.384 e. The van der Waals surface area contributed by atoms with E-state index in [0.717, 1.165) is 19.4 Å². The summed E-state index contributed by atoms with van der Waals surface area (Å²) in [6.07, 6.45) is 2.05. The summed E-state index contributed by atoms with van der Waals surface area (Å²) in [6.45, 7) is 2.95. The van der Waals surface area contributed by atoms with Gasteiger partial charge in [0.25, 0.3) is 0 Å². The van der Waals surface area contributed by atoms with Gasteiger partial charge >= 0.3 is 0 Å². The fourth-order valence-electron chi connectivity index (χ4n) is 2.57. The summed E-state index contributed by atoms with van der Waals surface area (Å²) >= 11 is 0. The molecule has 2 heteroatoms. The van der Waals surface area contributed by atoms with Crippen molar-refractivity contribution in [2.75, 3.05) is 20.8 Å². The van der Waals surface area contributed by atoms with Crippen LogP contribution >= 0.6 is 0 Å². The monoisotopic (exact) mass is 283 g/mol. The first-order chi connectivity index (χ1) is 10.3. The standard InChI is InChI=1S/C19H25NO/c1-4-15-5-9-17(10-6-15)19(20-2)18-11-7-16(8-12-18)13-14-21-3/h5-12,19-20H,4,13-14H2,1-3H3. The molecule has 21 heavy (non-hydrogen) atoms. The van der Waals surface area contributed by atoms with Crippen LogP contribution in [0.15, 0.2) is 48.5 Å². The normalized spacial score (nSPS) is 12.3. The molecule has 2 rings (SSSR count). The molecule has 0 amide bonds. The predicted molar refractivity (Wildman–Crippen MR) is 88.7 cm³/mol. The van der Waals surface area contributed by atoms with E-state index >= 15 is 0 Å². The van der Waals surface area contributed by atoms with Crippen molar-refractivity contribution >= 4 is 0 Å². The number of hydrogen-bond acceptors (Lipinski definition) is 2. The molecular weight excluding hydrogens is 258 g/mol. The molecule has 0 aliphatic heterocycles. The van der Waals surface area contributed by atoms with E-state index in [1.165, 1.54) is 22.3 Å². The Morgan fingerprint density at radius 2 is 1.43 bits per heavy atom. The van der Waals surface area contributed by atoms with Crippen LogP contribution in [0.3, 0.4) is 0 Å². The van der Waals surface area contributed by atoms with Gasteiger partial charge in [-0.05, 0) is 42.1 Å². The van der Waals surface area contributed by atoms with Crippen molar-refractivity contribution in [3.05, 3.63) is 70.8 Å². The molecule has 1 atom stereocenters. The molecular formula is C19H25NO. The third-order valence-corrected chi connectivity index (χ3v) is 3.92. The summed E-state index contributed by atoms with van der Waals surface area (Å²) in [5, 5.41) is 3.41. The maximum Gasteiger partial charge on any atom is 0.0574 e. The van der Waals surface area contributed by atoms with Gasteiger partial charge in [-0.15, -0.1) is 0 Å². The highest BCUT2D eigenvalue weighted by molar-refractivity contribution is 5.35. The van der Waals surface area contributed by atoms with Gasteiger partial charge in [-0.3, -0.25) is 0 Å². The van der Waals surface area contributed by atoms with Crippen LogP contribution in [-0.4, -0.2) is 20.8 Å². The summed E-state index contributed by atoms with van der Waals surface area (Å²) in [5.41, 5.74) is 5.29. The first kappa shape index (κ1) is 15.7. The average Bonchev–Trinajstić information content (AvgIpc) is 2.55. The molecule has 0 saturated heterocycles. The van der Waals surface area contributed by atoms with Gasteiger partial charge in [0.15, 0.2) is 0 Å². The second-order valence-corrected chi connectivity index (χ2v) is 5.30. The van der Waals surface area contributed by atoms with Crippen LogP contribution in [0.2, 0.25) is 0 Å². The van der Waals surface area contributed by atoms with Gasteiger partial charge in [-0.1, -0.05) is 55.5 Å². The maximum absolute atomic E-state index is 5.12. The van der Waals surface area contributed by atoms with Crippen molar-refractivity contribution in [2.45, 2.75) is 25.8 Å². The van der Waals surface area contributed by atoms with Gasteiger partial charge in [0.1, 0.15) is 0 Å². The molecule has 2 aromatic rings. The van der Waals surface area contributed by atoms with Crippen LogP contribution in [0, 0.1) is 0 Å². The lowest BCUT2D eigenvalue weighted by atomic mass is 9.96. The van der Waals surface area contributed by atoms with Crippen LogP contribution in [0.1, 0.15) is 35.2 Å². The highest BCUT2D eigenvalue weighted by Crippen LogP contribution is 2.22. The number of aryl methyl sites for hydroxylation is 1. The fourth-order valence-corrected chi connectivity index (χ4v) is 2.57. The van der Waals surface area contributed by atoms with Gasteiger partial charge < -0.3 is 10.1 Å². The summed E-state index contributed by atoms with van der Waals surface area (Å²) in [4.78, 5) is 0. The Hall–Kier alpha value is -1.64. The number of hydrogen-bond donors (Lipinski definition) is 1. The average molecular weight is 283 g/mol. The Balaban J connectivity index is 2.15. The van der Waals surface area contributed by atoms with Gasteiger partial charge in [0, 0.05) is 7.11 Å². The van der Waals surface area contributed by atoms with Crippen LogP contribution in [0.4, 0.5) is 0 Å². The molecule has 2 nitrogen and oxygen atoms in total. The zero-order valence-electron chi connectivity index (χ0n) is 13.2. The SMILES string of the molecule is CCc1ccc(C(NC)c2ccc(CCOC)cc2)cc1. The van der Waals surface area contributed by atoms with Crippen LogP contribution < -0.4 is 5.32 Å². The molecule has 0 aliphatic rings. The Morgan fingerprint density at radius 1 is 0.905 bits per heavy atom. The Morgan fingerprint density at radius 3 is 1.86 bits per heavy atom. The second kappa shape index (κ2) is 7.96. The number of rotatable bonds is 7. The van der Waals surface area contributed by atoms with E-state index in [1.54, 1.807) is 7.11 Å². The maximum atomic E-state index is 5.12. The molecule has 0 spiro atoms. The lowest BCUT2D eigenvalue weighted by molar-refractivity contribution is 0.202. The fraction of sp³-hybridized carbons (Fsp3) is 0.368. The van der Waals surface area contributed by atoms with E-state index in [0.29, 0.717) is 0 Å². The number of methoxy groups -OCH3 is 1. The molecule has 0 heterocycles. The van der Waals surface area contributed by atoms with E-state index in [4.69, 9.17) is 4.74 Å². The summed E-state index contributed by atoms with van der Waals surface area (Å²) in [7, 11) is 3.75. The Labute approximate surface area is 128 Å². The van der Waals surface area contributed by atoms with Crippen molar-refractivity contribution in [1.29, 1.82) is 0 Å². The Kier molecular flexibility index (Phi) is 5.97. The van der Waals surface area contributed by atoms with Crippen LogP contribution in [-0.2, 0) is 17.6 Å². The quantitative estimate of drug-likeness (QED) is 0.835. The number of ether oxygens (including phenoxy) is 1. The van der Waals surface area contributed by atoms with Gasteiger partial charge in [-0.25, -0.2) is 0 Å². The van der Waals surface area contributed by atoms with Crippen LogP contribution in [0.25, 0.3) is 0 Å². The molecule has 0 radical (unpaired) electrons. The smallest absolute Gasteiger partial charge is 0.0574 e. The molecule has 0 bridgehead atoms. The summed E-state index contributed by atoms with van der Waals surface area (Å²) in [5.74, 6) is 0. The molecule has 0 saturated carbocycles. The lowest BCUT2D eigenvalue weighted by Gasteiger charge is -2.18. The number of nitrogens with one attached hydrogen (secondary N) is 1. The first-order valence-corrected chi connectivity index (χ1v) is 7.62. The van der Waals surface area contributed by atoms with E-state index < -0.39 is 0 Å². The van der Waals surface area contributed by atoms with Crippen LogP contribution in [0.5, 0.6) is 0 Å². The Bertz CT molecular complexity index is 530. The van der Waals surface area contributed by atoms with E-state index in [1.807, 2.05) is 7.05 Å². The number of benzene rings is 2. The zero-order chi connectivity index (χ0) is 15.1. The van der Waals surface area contributed by atoms with Gasteiger partial charge in [0.05, 0.1) is 12.6 Å². The summed E-state index contributed by atoms with van der Waals surface area (Å²) < 4.78 is 5.12. The lowest BCUT2D eigenvalue weighted by Crippen LogP contribution is -2.17. The third kappa shape index (κ3) is 4.16. The van der Waals surface area contributed by atoms with Crippen molar-refractivity contribution < 1.29 is 4.74 Å². The molecule has 0 aromatic heterocycles. The minimum atomic E-state index is 0.243. The second-order valence-electron chi connectivity index (χ2n) is 5.30. The molecule has 1 unspecified atom stereocenters. The molecule has 2 aromatic carbocycles. The molecule has 0 fully saturated rings. The highest BCUT2D eigenvalue weighted by atomic mass is 16.5. The van der Waals surface area contributed by atoms with E-state index in [2.05, 4.69) is 60.8 Å². The molecule has 0 aliphatic carbocycles. The van der Waals surface area contributed by atoms with E-state index in [9.17, 15) is 0 Å². The zero-order valence-corrected chi connectivity index (χ0v) is 13.2. The topological polar surface area (TPSA) is 21.3 Å². The van der Waals surface area contributed by atoms with Crippen molar-refractivity contribution in [2.24, 2.45) is 0 Å². The summed E-state index contributed by atoms with van der Waals surface area (Å²) in [6, 6.07) is 17.9. The van der Waals surface area contributed by atoms with E-state index in [-0.39, 0.29) is 6.04 Å². The van der Waals surface area contributed by atoms with Gasteiger partial charge in [0.2, 0.25) is 0 Å². The van der Waals surface area contributed by atoms with Crippen molar-refractivity contribution in [3.8, 4) is 0 Å². The predicted octanol–water partition coefficient (Wildman–Crippen LogP) is 3.75. The minimum absolute atomic E-state index is 0.243.